The minimum atomic E-state index is -0.884. The second-order valence-electron chi connectivity index (χ2n) is 4.78. The number of hydrogen-bond donors (Lipinski definition) is 1. The van der Waals surface area contributed by atoms with Gasteiger partial charge >= 0.3 is 0 Å². The lowest BCUT2D eigenvalue weighted by molar-refractivity contribution is -0.153. The fourth-order valence-electron chi connectivity index (χ4n) is 2.08. The van der Waals surface area contributed by atoms with Crippen molar-refractivity contribution in [2.45, 2.75) is 19.1 Å². The van der Waals surface area contributed by atoms with Crippen molar-refractivity contribution in [3.8, 4) is 0 Å². The molecule has 1 fully saturated rings. The highest BCUT2D eigenvalue weighted by Crippen LogP contribution is 2.19. The molecule has 0 aliphatic carbocycles. The van der Waals surface area contributed by atoms with Crippen LogP contribution < -0.4 is 5.73 Å². The Balaban J connectivity index is 2.02. The number of nitrogens with zero attached hydrogens (tertiary/aromatic N) is 1. The molecule has 18 heavy (non-hydrogen) atoms. The van der Waals surface area contributed by atoms with Crippen molar-refractivity contribution in [2.24, 2.45) is 5.73 Å². The second kappa shape index (κ2) is 5.26. The molecule has 0 spiro atoms. The summed E-state index contributed by atoms with van der Waals surface area (Å²) >= 11 is 5.85. The van der Waals surface area contributed by atoms with Gasteiger partial charge in [0, 0.05) is 24.7 Å². The Morgan fingerprint density at radius 3 is 2.78 bits per heavy atom. The van der Waals surface area contributed by atoms with E-state index in [0.29, 0.717) is 13.2 Å². The number of carbonyl (C=O) groups excluding carboxylic acids is 1. The van der Waals surface area contributed by atoms with Crippen molar-refractivity contribution >= 4 is 17.5 Å². The van der Waals surface area contributed by atoms with Crippen LogP contribution in [0.2, 0.25) is 5.02 Å². The topological polar surface area (TPSA) is 55.6 Å². The summed E-state index contributed by atoms with van der Waals surface area (Å²) in [7, 11) is 0. The van der Waals surface area contributed by atoms with Gasteiger partial charge in [-0.15, -0.1) is 0 Å². The van der Waals surface area contributed by atoms with Crippen LogP contribution in [0.3, 0.4) is 0 Å². The van der Waals surface area contributed by atoms with Crippen LogP contribution in [-0.4, -0.2) is 36.1 Å². The SMILES string of the molecule is C[C@]1(C(N)=O)CN(Cc2ccc(Cl)cc2)CCO1. The summed E-state index contributed by atoms with van der Waals surface area (Å²) in [6, 6.07) is 7.70. The van der Waals surface area contributed by atoms with Crippen molar-refractivity contribution < 1.29 is 9.53 Å². The number of halogens is 1. The monoisotopic (exact) mass is 268 g/mol. The number of primary amides is 1. The van der Waals surface area contributed by atoms with E-state index in [1.54, 1.807) is 6.92 Å². The van der Waals surface area contributed by atoms with Gasteiger partial charge in [-0.2, -0.15) is 0 Å². The average molecular weight is 269 g/mol. The number of carbonyl (C=O) groups is 1. The van der Waals surface area contributed by atoms with E-state index in [1.807, 2.05) is 24.3 Å². The number of nitrogens with two attached hydrogens (primary N) is 1. The molecule has 1 aromatic carbocycles. The lowest BCUT2D eigenvalue weighted by Gasteiger charge is -2.38. The molecule has 0 aromatic heterocycles. The van der Waals surface area contributed by atoms with Crippen molar-refractivity contribution in [1.29, 1.82) is 0 Å². The van der Waals surface area contributed by atoms with Gasteiger partial charge in [-0.3, -0.25) is 9.69 Å². The van der Waals surface area contributed by atoms with Crippen molar-refractivity contribution in [1.82, 2.24) is 4.90 Å². The smallest absolute Gasteiger partial charge is 0.250 e. The molecular formula is C13H17ClN2O2. The van der Waals surface area contributed by atoms with Crippen molar-refractivity contribution in [3.63, 3.8) is 0 Å². The van der Waals surface area contributed by atoms with Crippen LogP contribution in [0.25, 0.3) is 0 Å². The first-order chi connectivity index (χ1) is 8.49. The van der Waals surface area contributed by atoms with Crippen LogP contribution in [0.5, 0.6) is 0 Å². The zero-order valence-corrected chi connectivity index (χ0v) is 11.1. The van der Waals surface area contributed by atoms with Gasteiger partial charge in [0.25, 0.3) is 5.91 Å². The quantitative estimate of drug-likeness (QED) is 0.902. The molecule has 5 heteroatoms. The maximum atomic E-state index is 11.4. The first kappa shape index (κ1) is 13.3. The van der Waals surface area contributed by atoms with Crippen LogP contribution in [0.15, 0.2) is 24.3 Å². The Hall–Kier alpha value is -1.10. The maximum Gasteiger partial charge on any atom is 0.250 e. The van der Waals surface area contributed by atoms with E-state index < -0.39 is 11.5 Å². The first-order valence-electron chi connectivity index (χ1n) is 5.90. The Bertz CT molecular complexity index is 435. The van der Waals surface area contributed by atoms with Crippen LogP contribution in [-0.2, 0) is 16.1 Å². The maximum absolute atomic E-state index is 11.4. The molecule has 1 saturated heterocycles. The summed E-state index contributed by atoms with van der Waals surface area (Å²) in [6.45, 7) is 4.34. The zero-order chi connectivity index (χ0) is 13.2. The summed E-state index contributed by atoms with van der Waals surface area (Å²) in [6.07, 6.45) is 0. The highest BCUT2D eigenvalue weighted by Gasteiger charge is 2.37. The van der Waals surface area contributed by atoms with Gasteiger partial charge in [0.1, 0.15) is 0 Å². The van der Waals surface area contributed by atoms with Crippen molar-refractivity contribution in [2.75, 3.05) is 19.7 Å². The summed E-state index contributed by atoms with van der Waals surface area (Å²) in [5, 5.41) is 0.725. The van der Waals surface area contributed by atoms with E-state index in [1.165, 1.54) is 0 Å². The summed E-state index contributed by atoms with van der Waals surface area (Å²) in [4.78, 5) is 13.5. The molecule has 1 aliphatic rings. The van der Waals surface area contributed by atoms with E-state index in [4.69, 9.17) is 22.1 Å². The standard InChI is InChI=1S/C13H17ClN2O2/c1-13(12(15)17)9-16(6-7-18-13)8-10-2-4-11(14)5-3-10/h2-5H,6-9H2,1H3,(H2,15,17)/t13-/m1/s1. The van der Waals surface area contributed by atoms with E-state index >= 15 is 0 Å². The Labute approximate surface area is 112 Å². The zero-order valence-electron chi connectivity index (χ0n) is 10.4. The average Bonchev–Trinajstić information content (AvgIpc) is 2.32. The lowest BCUT2D eigenvalue weighted by Crippen LogP contribution is -2.56. The van der Waals surface area contributed by atoms with Crippen LogP contribution >= 0.6 is 11.6 Å². The molecule has 0 saturated carbocycles. The van der Waals surface area contributed by atoms with Gasteiger partial charge in [0.15, 0.2) is 5.60 Å². The van der Waals surface area contributed by atoms with Crippen LogP contribution in [0.4, 0.5) is 0 Å². The predicted octanol–water partition coefficient (Wildman–Crippen LogP) is 1.42. The van der Waals surface area contributed by atoms with E-state index in [-0.39, 0.29) is 0 Å². The number of ether oxygens (including phenoxy) is 1. The van der Waals surface area contributed by atoms with Gasteiger partial charge in [0.05, 0.1) is 6.61 Å². The molecule has 4 nitrogen and oxygen atoms in total. The third-order valence-electron chi connectivity index (χ3n) is 3.19. The lowest BCUT2D eigenvalue weighted by atomic mass is 10.0. The first-order valence-corrected chi connectivity index (χ1v) is 6.28. The third-order valence-corrected chi connectivity index (χ3v) is 3.45. The molecule has 1 aromatic rings. The van der Waals surface area contributed by atoms with Crippen LogP contribution in [0, 0.1) is 0 Å². The summed E-state index contributed by atoms with van der Waals surface area (Å²) in [5.74, 6) is -0.414. The fraction of sp³-hybridized carbons (Fsp3) is 0.462. The van der Waals surface area contributed by atoms with Gasteiger partial charge in [-0.25, -0.2) is 0 Å². The minimum absolute atomic E-state index is 0.414. The van der Waals surface area contributed by atoms with Crippen LogP contribution in [0.1, 0.15) is 12.5 Å². The molecule has 0 bridgehead atoms. The predicted molar refractivity (Wildman–Crippen MR) is 70.3 cm³/mol. The molecule has 1 heterocycles. The molecule has 1 atom stereocenters. The molecule has 98 valence electrons. The Kier molecular flexibility index (Phi) is 3.90. The van der Waals surface area contributed by atoms with E-state index in [9.17, 15) is 4.79 Å². The number of hydrogen-bond acceptors (Lipinski definition) is 3. The highest BCUT2D eigenvalue weighted by atomic mass is 35.5. The third kappa shape index (κ3) is 3.02. The van der Waals surface area contributed by atoms with E-state index in [0.717, 1.165) is 23.7 Å². The largest absolute Gasteiger partial charge is 0.367 e. The molecule has 0 unspecified atom stereocenters. The molecular weight excluding hydrogens is 252 g/mol. The molecule has 2 rings (SSSR count). The minimum Gasteiger partial charge on any atom is -0.367 e. The number of benzene rings is 1. The Morgan fingerprint density at radius 1 is 1.50 bits per heavy atom. The summed E-state index contributed by atoms with van der Waals surface area (Å²) in [5.41, 5.74) is 5.64. The normalized spacial score (nSPS) is 25.0. The highest BCUT2D eigenvalue weighted by molar-refractivity contribution is 6.30. The molecule has 2 N–H and O–H groups in total. The molecule has 1 amide bonds. The number of morpholine rings is 1. The molecule has 0 radical (unpaired) electrons. The summed E-state index contributed by atoms with van der Waals surface area (Å²) < 4.78 is 5.48. The van der Waals surface area contributed by atoms with Gasteiger partial charge in [-0.05, 0) is 24.6 Å². The number of rotatable bonds is 3. The fourth-order valence-corrected chi connectivity index (χ4v) is 2.21. The Morgan fingerprint density at radius 2 is 2.17 bits per heavy atom. The second-order valence-corrected chi connectivity index (χ2v) is 5.22. The molecule has 1 aliphatic heterocycles. The number of amides is 1. The van der Waals surface area contributed by atoms with E-state index in [2.05, 4.69) is 4.90 Å². The van der Waals surface area contributed by atoms with Crippen molar-refractivity contribution in [3.05, 3.63) is 34.9 Å². The van der Waals surface area contributed by atoms with Gasteiger partial charge < -0.3 is 10.5 Å². The van der Waals surface area contributed by atoms with Gasteiger partial charge in [-0.1, -0.05) is 23.7 Å². The van der Waals surface area contributed by atoms with Gasteiger partial charge in [0.2, 0.25) is 0 Å².